The van der Waals surface area contributed by atoms with Crippen molar-refractivity contribution in [3.63, 3.8) is 0 Å². The highest BCUT2D eigenvalue weighted by Crippen LogP contribution is 2.13. The van der Waals surface area contributed by atoms with Gasteiger partial charge in [0.05, 0.1) is 13.1 Å². The number of thioether (sulfide) groups is 1. The van der Waals surface area contributed by atoms with Gasteiger partial charge < -0.3 is 21.5 Å². The first-order valence-electron chi connectivity index (χ1n) is 5.67. The third-order valence-electron chi connectivity index (χ3n) is 1.60. The lowest BCUT2D eigenvalue weighted by molar-refractivity contribution is -0.192. The molecule has 128 valence electrons. The summed E-state index contributed by atoms with van der Waals surface area (Å²) in [4.78, 5) is 41.1. The largest absolute Gasteiger partial charge is 0.490 e. The van der Waals surface area contributed by atoms with Gasteiger partial charge in [-0.2, -0.15) is 13.2 Å². The van der Waals surface area contributed by atoms with E-state index in [9.17, 15) is 27.6 Å². The van der Waals surface area contributed by atoms with Gasteiger partial charge in [0.2, 0.25) is 11.8 Å². The summed E-state index contributed by atoms with van der Waals surface area (Å²) in [5.41, 5.74) is 5.03. The van der Waals surface area contributed by atoms with Crippen LogP contribution in [0.4, 0.5) is 13.2 Å². The van der Waals surface area contributed by atoms with E-state index in [0.717, 1.165) is 11.8 Å². The highest BCUT2D eigenvalue weighted by Gasteiger charge is 2.38. The number of carboxylic acids is 1. The van der Waals surface area contributed by atoms with Crippen LogP contribution in [0.25, 0.3) is 0 Å². The summed E-state index contributed by atoms with van der Waals surface area (Å²) in [5.74, 6) is -2.89. The SMILES string of the molecule is CC(=O)SCCNC(=O)CNC(=O)CN.O=C(O)C(F)(F)F. The normalized spacial score (nSPS) is 10.0. The van der Waals surface area contributed by atoms with Crippen LogP contribution in [0.15, 0.2) is 0 Å². The lowest BCUT2D eigenvalue weighted by Crippen LogP contribution is -2.40. The smallest absolute Gasteiger partial charge is 0.475 e. The van der Waals surface area contributed by atoms with E-state index >= 15 is 0 Å². The Bertz CT molecular complexity index is 404. The molecule has 0 saturated heterocycles. The predicted molar refractivity (Wildman–Crippen MR) is 71.9 cm³/mol. The zero-order valence-corrected chi connectivity index (χ0v) is 12.3. The molecule has 0 unspecified atom stereocenters. The third kappa shape index (κ3) is 16.2. The van der Waals surface area contributed by atoms with E-state index in [2.05, 4.69) is 10.6 Å². The molecular weight excluding hydrogens is 331 g/mol. The van der Waals surface area contributed by atoms with Crippen molar-refractivity contribution in [2.75, 3.05) is 25.4 Å². The van der Waals surface area contributed by atoms with E-state index in [1.165, 1.54) is 6.92 Å². The standard InChI is InChI=1S/C8H15N3O3S.C2HF3O2/c1-6(12)15-3-2-10-8(14)5-11-7(13)4-9;3-2(4,5)1(6)7/h2-5,9H2,1H3,(H,10,14)(H,11,13);(H,6,7). The van der Waals surface area contributed by atoms with Gasteiger partial charge in [0.25, 0.3) is 0 Å². The molecule has 0 saturated carbocycles. The molecule has 12 heteroatoms. The first kappa shape index (κ1) is 22.5. The number of halogens is 3. The van der Waals surface area contributed by atoms with Crippen LogP contribution in [-0.4, -0.2) is 59.6 Å². The van der Waals surface area contributed by atoms with Crippen LogP contribution in [0.5, 0.6) is 0 Å². The molecular formula is C10H16F3N3O5S. The number of nitrogens with two attached hydrogens (primary N) is 1. The van der Waals surface area contributed by atoms with Gasteiger partial charge >= 0.3 is 12.1 Å². The van der Waals surface area contributed by atoms with Gasteiger partial charge in [0.15, 0.2) is 5.12 Å². The zero-order chi connectivity index (χ0) is 17.8. The summed E-state index contributed by atoms with van der Waals surface area (Å²) in [5, 5.41) is 12.0. The van der Waals surface area contributed by atoms with E-state index < -0.39 is 12.1 Å². The monoisotopic (exact) mass is 347 g/mol. The number of carbonyl (C=O) groups is 4. The summed E-state index contributed by atoms with van der Waals surface area (Å²) >= 11 is 1.14. The Morgan fingerprint density at radius 1 is 1.14 bits per heavy atom. The molecule has 2 amide bonds. The molecule has 0 spiro atoms. The summed E-state index contributed by atoms with van der Waals surface area (Å²) < 4.78 is 31.7. The average Bonchev–Trinajstić information content (AvgIpc) is 2.40. The van der Waals surface area contributed by atoms with E-state index in [1.54, 1.807) is 0 Å². The molecule has 0 aliphatic carbocycles. The van der Waals surface area contributed by atoms with Crippen molar-refractivity contribution in [2.24, 2.45) is 5.73 Å². The molecule has 0 aromatic carbocycles. The van der Waals surface area contributed by atoms with Crippen LogP contribution in [0, 0.1) is 0 Å². The zero-order valence-electron chi connectivity index (χ0n) is 11.5. The van der Waals surface area contributed by atoms with Crippen molar-refractivity contribution in [1.29, 1.82) is 0 Å². The fourth-order valence-corrected chi connectivity index (χ4v) is 1.19. The lowest BCUT2D eigenvalue weighted by Gasteiger charge is -2.04. The van der Waals surface area contributed by atoms with Gasteiger partial charge in [-0.25, -0.2) is 4.79 Å². The van der Waals surface area contributed by atoms with Crippen molar-refractivity contribution in [1.82, 2.24) is 10.6 Å². The number of carboxylic acid groups (broad SMARTS) is 1. The van der Waals surface area contributed by atoms with Gasteiger partial charge in [0, 0.05) is 19.2 Å². The second kappa shape index (κ2) is 11.8. The first-order valence-corrected chi connectivity index (χ1v) is 6.66. The van der Waals surface area contributed by atoms with Crippen molar-refractivity contribution in [3.8, 4) is 0 Å². The second-order valence-electron chi connectivity index (χ2n) is 3.47. The molecule has 0 atom stereocenters. The van der Waals surface area contributed by atoms with Crippen molar-refractivity contribution in [3.05, 3.63) is 0 Å². The molecule has 0 radical (unpaired) electrons. The summed E-state index contributed by atoms with van der Waals surface area (Å²) in [7, 11) is 0. The number of carbonyl (C=O) groups excluding carboxylic acids is 3. The highest BCUT2D eigenvalue weighted by molar-refractivity contribution is 8.13. The van der Waals surface area contributed by atoms with Gasteiger partial charge in [-0.05, 0) is 0 Å². The summed E-state index contributed by atoms with van der Waals surface area (Å²) in [6.45, 7) is 1.66. The lowest BCUT2D eigenvalue weighted by atomic mass is 10.5. The van der Waals surface area contributed by atoms with E-state index in [1.807, 2.05) is 0 Å². The second-order valence-corrected chi connectivity index (χ2v) is 4.75. The number of alkyl halides is 3. The van der Waals surface area contributed by atoms with Crippen molar-refractivity contribution < 1.29 is 37.5 Å². The molecule has 0 fully saturated rings. The van der Waals surface area contributed by atoms with E-state index in [0.29, 0.717) is 12.3 Å². The highest BCUT2D eigenvalue weighted by atomic mass is 32.2. The molecule has 22 heavy (non-hydrogen) atoms. The Labute approximate surface area is 128 Å². The Hall–Kier alpha value is -1.82. The molecule has 0 heterocycles. The maximum absolute atomic E-state index is 11.0. The number of hydrogen-bond acceptors (Lipinski definition) is 6. The van der Waals surface area contributed by atoms with Crippen LogP contribution in [0.2, 0.25) is 0 Å². The fourth-order valence-electron chi connectivity index (χ4n) is 0.699. The Morgan fingerprint density at radius 3 is 2.00 bits per heavy atom. The number of hydrogen-bond donors (Lipinski definition) is 4. The quantitative estimate of drug-likeness (QED) is 0.456. The minimum absolute atomic E-state index is 0.0145. The van der Waals surface area contributed by atoms with Gasteiger partial charge in [-0.15, -0.1) is 0 Å². The summed E-state index contributed by atoms with van der Waals surface area (Å²) in [6.07, 6.45) is -5.08. The van der Waals surface area contributed by atoms with E-state index in [4.69, 9.17) is 15.6 Å². The maximum atomic E-state index is 11.0. The molecule has 0 aromatic rings. The number of nitrogens with one attached hydrogen (secondary N) is 2. The van der Waals surface area contributed by atoms with Crippen LogP contribution in [0.3, 0.4) is 0 Å². The van der Waals surface area contributed by atoms with Crippen LogP contribution >= 0.6 is 11.8 Å². The molecule has 0 aliphatic rings. The number of aliphatic carboxylic acids is 1. The molecule has 0 rings (SSSR count). The fraction of sp³-hybridized carbons (Fsp3) is 0.600. The minimum atomic E-state index is -5.08. The number of rotatable bonds is 6. The molecule has 5 N–H and O–H groups in total. The van der Waals surface area contributed by atoms with Crippen LogP contribution < -0.4 is 16.4 Å². The minimum Gasteiger partial charge on any atom is -0.475 e. The van der Waals surface area contributed by atoms with Crippen molar-refractivity contribution >= 4 is 34.7 Å². The Kier molecular flexibility index (Phi) is 12.0. The van der Waals surface area contributed by atoms with Crippen molar-refractivity contribution in [2.45, 2.75) is 13.1 Å². The number of amides is 2. The average molecular weight is 347 g/mol. The van der Waals surface area contributed by atoms with Gasteiger partial charge in [-0.1, -0.05) is 11.8 Å². The Morgan fingerprint density at radius 2 is 1.64 bits per heavy atom. The third-order valence-corrected chi connectivity index (χ3v) is 2.42. The Balaban J connectivity index is 0. The molecule has 8 nitrogen and oxygen atoms in total. The summed E-state index contributed by atoms with van der Waals surface area (Å²) in [6, 6.07) is 0. The topological polar surface area (TPSA) is 139 Å². The predicted octanol–water partition coefficient (Wildman–Crippen LogP) is -0.909. The van der Waals surface area contributed by atoms with Gasteiger partial charge in [0.1, 0.15) is 0 Å². The molecule has 0 aromatic heterocycles. The molecule has 0 bridgehead atoms. The van der Waals surface area contributed by atoms with Crippen LogP contribution in [-0.2, 0) is 19.2 Å². The molecule has 0 aliphatic heterocycles. The van der Waals surface area contributed by atoms with E-state index in [-0.39, 0.29) is 30.0 Å². The first-order chi connectivity index (χ1) is 10.0. The van der Waals surface area contributed by atoms with Gasteiger partial charge in [-0.3, -0.25) is 14.4 Å². The van der Waals surface area contributed by atoms with Crippen LogP contribution in [0.1, 0.15) is 6.92 Å². The maximum Gasteiger partial charge on any atom is 0.490 e.